The molecular formula is C24H23Cl2N5O. The summed E-state index contributed by atoms with van der Waals surface area (Å²) in [6.07, 6.45) is 12.2. The van der Waals surface area contributed by atoms with Crippen LogP contribution in [0.2, 0.25) is 10.0 Å². The van der Waals surface area contributed by atoms with Gasteiger partial charge >= 0.3 is 0 Å². The van der Waals surface area contributed by atoms with Crippen molar-refractivity contribution in [3.05, 3.63) is 93.9 Å². The van der Waals surface area contributed by atoms with Crippen LogP contribution in [-0.4, -0.2) is 20.0 Å². The number of halogens is 2. The van der Waals surface area contributed by atoms with Gasteiger partial charge in [0, 0.05) is 24.5 Å². The number of benzene rings is 2. The molecule has 0 spiro atoms. The summed E-state index contributed by atoms with van der Waals surface area (Å²) in [6, 6.07) is 14.0. The van der Waals surface area contributed by atoms with Gasteiger partial charge in [0.1, 0.15) is 6.26 Å². The number of nitrogens with zero attached hydrogens (tertiary/aromatic N) is 4. The van der Waals surface area contributed by atoms with Gasteiger partial charge in [-0.05, 0) is 60.7 Å². The summed E-state index contributed by atoms with van der Waals surface area (Å²) in [6.45, 7) is 1.49. The van der Waals surface area contributed by atoms with E-state index in [-0.39, 0.29) is 0 Å². The molecule has 4 aromatic rings. The van der Waals surface area contributed by atoms with Crippen LogP contribution in [0.25, 0.3) is 12.2 Å². The highest BCUT2D eigenvalue weighted by Gasteiger charge is 2.03. The summed E-state index contributed by atoms with van der Waals surface area (Å²) in [5.74, 6) is 0.536. The highest BCUT2D eigenvalue weighted by molar-refractivity contribution is 6.42. The van der Waals surface area contributed by atoms with Crippen molar-refractivity contribution in [2.45, 2.75) is 32.4 Å². The van der Waals surface area contributed by atoms with Gasteiger partial charge in [-0.1, -0.05) is 46.6 Å². The summed E-state index contributed by atoms with van der Waals surface area (Å²) < 4.78 is 7.39. The summed E-state index contributed by atoms with van der Waals surface area (Å²) >= 11 is 12.0. The van der Waals surface area contributed by atoms with Crippen LogP contribution in [0.1, 0.15) is 35.6 Å². The van der Waals surface area contributed by atoms with Gasteiger partial charge in [0.2, 0.25) is 5.89 Å². The van der Waals surface area contributed by atoms with E-state index in [0.29, 0.717) is 22.5 Å². The Morgan fingerprint density at radius 2 is 1.88 bits per heavy atom. The monoisotopic (exact) mass is 467 g/mol. The molecule has 0 saturated carbocycles. The summed E-state index contributed by atoms with van der Waals surface area (Å²) in [4.78, 5) is 4.48. The molecule has 32 heavy (non-hydrogen) atoms. The molecule has 0 unspecified atom stereocenters. The van der Waals surface area contributed by atoms with E-state index in [2.05, 4.69) is 44.9 Å². The Morgan fingerprint density at radius 3 is 2.66 bits per heavy atom. The predicted octanol–water partition coefficient (Wildman–Crippen LogP) is 6.38. The molecule has 0 atom stereocenters. The second-order valence-corrected chi connectivity index (χ2v) is 8.17. The summed E-state index contributed by atoms with van der Waals surface area (Å²) in [7, 11) is 0. The first-order valence-electron chi connectivity index (χ1n) is 10.4. The number of oxazole rings is 1. The number of unbranched alkanes of at least 4 members (excludes halogenated alkanes) is 1. The van der Waals surface area contributed by atoms with Crippen molar-refractivity contribution < 1.29 is 4.42 Å². The van der Waals surface area contributed by atoms with E-state index in [1.807, 2.05) is 23.0 Å². The Kier molecular flexibility index (Phi) is 7.59. The van der Waals surface area contributed by atoms with Crippen molar-refractivity contribution in [3.8, 4) is 0 Å². The molecule has 6 nitrogen and oxygen atoms in total. The molecule has 1 N–H and O–H groups in total. The lowest BCUT2D eigenvalue weighted by atomic mass is 10.1. The van der Waals surface area contributed by atoms with Crippen LogP contribution in [0.4, 0.5) is 5.69 Å². The van der Waals surface area contributed by atoms with Gasteiger partial charge in [-0.2, -0.15) is 0 Å². The van der Waals surface area contributed by atoms with Crippen molar-refractivity contribution >= 4 is 41.0 Å². The molecule has 8 heteroatoms. The van der Waals surface area contributed by atoms with Crippen LogP contribution >= 0.6 is 23.2 Å². The van der Waals surface area contributed by atoms with E-state index in [4.69, 9.17) is 27.6 Å². The Labute approximate surface area is 196 Å². The molecule has 0 radical (unpaired) electrons. The molecule has 0 aliphatic heterocycles. The summed E-state index contributed by atoms with van der Waals surface area (Å²) in [5.41, 5.74) is 4.13. The highest BCUT2D eigenvalue weighted by Crippen LogP contribution is 2.23. The largest absolute Gasteiger partial charge is 0.445 e. The Hall–Kier alpha value is -3.09. The average molecular weight is 468 g/mol. The third-order valence-electron chi connectivity index (χ3n) is 4.93. The maximum atomic E-state index is 6.04. The van der Waals surface area contributed by atoms with Crippen LogP contribution < -0.4 is 5.32 Å². The zero-order valence-corrected chi connectivity index (χ0v) is 18.9. The quantitative estimate of drug-likeness (QED) is 0.274. The molecule has 2 heterocycles. The van der Waals surface area contributed by atoms with Crippen LogP contribution in [0.3, 0.4) is 0 Å². The zero-order valence-electron chi connectivity index (χ0n) is 17.4. The minimum absolute atomic E-state index is 0.518. The van der Waals surface area contributed by atoms with Gasteiger partial charge in [0.15, 0.2) is 0 Å². The van der Waals surface area contributed by atoms with Gasteiger partial charge in [0.25, 0.3) is 0 Å². The Balaban J connectivity index is 1.22. The molecule has 0 amide bonds. The molecule has 0 bridgehead atoms. The lowest BCUT2D eigenvalue weighted by molar-refractivity contribution is 0.541. The molecule has 4 rings (SSSR count). The van der Waals surface area contributed by atoms with Crippen LogP contribution in [0.5, 0.6) is 0 Å². The fourth-order valence-corrected chi connectivity index (χ4v) is 3.51. The Morgan fingerprint density at radius 1 is 1.00 bits per heavy atom. The molecule has 0 aliphatic carbocycles. The standard InChI is InChI=1S/C24H23Cl2N5O/c25-22-10-6-19(15-23(22)26)7-11-24-29-21(17-32-24)16-27-20-8-4-18(5-9-20)3-1-2-13-31-14-12-28-30-31/h4-12,14-15,17,27H,1-3,13,16H2/b11-7+. The van der Waals surface area contributed by atoms with Crippen molar-refractivity contribution in [1.29, 1.82) is 0 Å². The predicted molar refractivity (Wildman–Crippen MR) is 129 cm³/mol. The third kappa shape index (κ3) is 6.45. The molecule has 164 valence electrons. The second kappa shape index (κ2) is 11.0. The highest BCUT2D eigenvalue weighted by atomic mass is 35.5. The number of aryl methyl sites for hydroxylation is 2. The minimum atomic E-state index is 0.518. The van der Waals surface area contributed by atoms with E-state index in [0.717, 1.165) is 42.8 Å². The van der Waals surface area contributed by atoms with Gasteiger partial charge < -0.3 is 9.73 Å². The molecule has 0 saturated heterocycles. The van der Waals surface area contributed by atoms with Crippen LogP contribution in [0.15, 0.2) is 65.5 Å². The maximum Gasteiger partial charge on any atom is 0.218 e. The van der Waals surface area contributed by atoms with Crippen molar-refractivity contribution in [3.63, 3.8) is 0 Å². The Bertz CT molecular complexity index is 1150. The van der Waals surface area contributed by atoms with Gasteiger partial charge in [0.05, 0.1) is 28.5 Å². The second-order valence-electron chi connectivity index (χ2n) is 7.36. The number of nitrogens with one attached hydrogen (secondary N) is 1. The first kappa shape index (κ1) is 22.1. The van der Waals surface area contributed by atoms with E-state index in [9.17, 15) is 0 Å². The SMILES string of the molecule is Clc1ccc(/C=C/c2nc(CNc3ccc(CCCCn4ccnn4)cc3)co2)cc1Cl. The lowest BCUT2D eigenvalue weighted by Gasteiger charge is -2.06. The molecule has 2 aromatic heterocycles. The maximum absolute atomic E-state index is 6.04. The zero-order chi connectivity index (χ0) is 22.2. The van der Waals surface area contributed by atoms with Crippen molar-refractivity contribution in [2.75, 3.05) is 5.32 Å². The molecule has 2 aromatic carbocycles. The smallest absolute Gasteiger partial charge is 0.218 e. The van der Waals surface area contributed by atoms with Crippen LogP contribution in [-0.2, 0) is 19.5 Å². The first-order chi connectivity index (χ1) is 15.7. The number of anilines is 1. The fraction of sp³-hybridized carbons (Fsp3) is 0.208. The molecule has 0 fully saturated rings. The van der Waals surface area contributed by atoms with E-state index in [1.165, 1.54) is 5.56 Å². The number of hydrogen-bond donors (Lipinski definition) is 1. The number of hydrogen-bond acceptors (Lipinski definition) is 5. The molecule has 0 aliphatic rings. The van der Waals surface area contributed by atoms with Crippen molar-refractivity contribution in [1.82, 2.24) is 20.0 Å². The van der Waals surface area contributed by atoms with Crippen molar-refractivity contribution in [2.24, 2.45) is 0 Å². The van der Waals surface area contributed by atoms with Gasteiger partial charge in [-0.15, -0.1) is 5.10 Å². The van der Waals surface area contributed by atoms with E-state index >= 15 is 0 Å². The van der Waals surface area contributed by atoms with Gasteiger partial charge in [-0.3, -0.25) is 4.68 Å². The fourth-order valence-electron chi connectivity index (χ4n) is 3.20. The summed E-state index contributed by atoms with van der Waals surface area (Å²) in [5, 5.41) is 12.2. The normalized spacial score (nSPS) is 11.3. The number of aromatic nitrogens is 4. The average Bonchev–Trinajstić information content (AvgIpc) is 3.49. The minimum Gasteiger partial charge on any atom is -0.445 e. The third-order valence-corrected chi connectivity index (χ3v) is 5.67. The topological polar surface area (TPSA) is 68.8 Å². The molecular weight excluding hydrogens is 445 g/mol. The van der Waals surface area contributed by atoms with Crippen LogP contribution in [0, 0.1) is 0 Å². The van der Waals surface area contributed by atoms with E-state index < -0.39 is 0 Å². The van der Waals surface area contributed by atoms with E-state index in [1.54, 1.807) is 30.7 Å². The van der Waals surface area contributed by atoms with Gasteiger partial charge in [-0.25, -0.2) is 4.98 Å². The number of rotatable bonds is 10. The lowest BCUT2D eigenvalue weighted by Crippen LogP contribution is -2.00. The first-order valence-corrected chi connectivity index (χ1v) is 11.2.